The molecule has 5 nitrogen and oxygen atoms in total. The SMILES string of the molecule is CC[C@@H](C)NC(=O)[C@@H](CC)N(Cc1cccc(OC)c1)C(=O)CCSc1ccccc1. The summed E-state index contributed by atoms with van der Waals surface area (Å²) in [5.41, 5.74) is 0.943. The van der Waals surface area contributed by atoms with Gasteiger partial charge in [-0.25, -0.2) is 0 Å². The lowest BCUT2D eigenvalue weighted by molar-refractivity contribution is -0.141. The highest BCUT2D eigenvalue weighted by molar-refractivity contribution is 7.99. The average Bonchev–Trinajstić information content (AvgIpc) is 2.79. The smallest absolute Gasteiger partial charge is 0.243 e. The second-order valence-corrected chi connectivity index (χ2v) is 8.69. The molecule has 2 atom stereocenters. The monoisotopic (exact) mass is 442 g/mol. The summed E-state index contributed by atoms with van der Waals surface area (Å²) in [6.45, 7) is 6.34. The highest BCUT2D eigenvalue weighted by atomic mass is 32.2. The van der Waals surface area contributed by atoms with Crippen LogP contribution in [0.5, 0.6) is 5.75 Å². The minimum absolute atomic E-state index is 0.0163. The summed E-state index contributed by atoms with van der Waals surface area (Å²) in [5.74, 6) is 1.30. The Labute approximate surface area is 190 Å². The number of benzene rings is 2. The molecule has 0 aliphatic carbocycles. The molecule has 0 spiro atoms. The summed E-state index contributed by atoms with van der Waals surface area (Å²) in [6, 6.07) is 17.3. The third kappa shape index (κ3) is 7.94. The predicted octanol–water partition coefficient (Wildman–Crippen LogP) is 4.90. The quantitative estimate of drug-likeness (QED) is 0.475. The number of amides is 2. The van der Waals surface area contributed by atoms with E-state index in [9.17, 15) is 9.59 Å². The van der Waals surface area contributed by atoms with Gasteiger partial charge in [0, 0.05) is 29.7 Å². The van der Waals surface area contributed by atoms with Gasteiger partial charge >= 0.3 is 0 Å². The second kappa shape index (κ2) is 13.1. The van der Waals surface area contributed by atoms with Crippen LogP contribution in [0, 0.1) is 0 Å². The Morgan fingerprint density at radius 2 is 1.81 bits per heavy atom. The number of carbonyl (C=O) groups is 2. The minimum Gasteiger partial charge on any atom is -0.497 e. The van der Waals surface area contributed by atoms with Gasteiger partial charge in [0.15, 0.2) is 0 Å². The van der Waals surface area contributed by atoms with Crippen LogP contribution in [-0.2, 0) is 16.1 Å². The normalized spacial score (nSPS) is 12.6. The Bertz CT molecular complexity index is 829. The van der Waals surface area contributed by atoms with Gasteiger partial charge in [-0.2, -0.15) is 0 Å². The number of hydrogen-bond acceptors (Lipinski definition) is 4. The molecule has 2 amide bonds. The van der Waals surface area contributed by atoms with Crippen molar-refractivity contribution < 1.29 is 14.3 Å². The van der Waals surface area contributed by atoms with E-state index in [1.807, 2.05) is 75.4 Å². The van der Waals surface area contributed by atoms with Gasteiger partial charge in [-0.15, -0.1) is 11.8 Å². The summed E-state index contributed by atoms with van der Waals surface area (Å²) in [7, 11) is 1.62. The fraction of sp³-hybridized carbons (Fsp3) is 0.440. The largest absolute Gasteiger partial charge is 0.497 e. The number of nitrogens with one attached hydrogen (secondary N) is 1. The molecule has 1 N–H and O–H groups in total. The molecule has 0 fully saturated rings. The summed E-state index contributed by atoms with van der Waals surface area (Å²) in [5, 5.41) is 3.04. The van der Waals surface area contributed by atoms with Crippen molar-refractivity contribution in [3.63, 3.8) is 0 Å². The van der Waals surface area contributed by atoms with Crippen LogP contribution in [0.3, 0.4) is 0 Å². The van der Waals surface area contributed by atoms with Gasteiger partial charge in [-0.1, -0.05) is 44.2 Å². The maximum absolute atomic E-state index is 13.3. The zero-order valence-electron chi connectivity index (χ0n) is 19.0. The summed E-state index contributed by atoms with van der Waals surface area (Å²) >= 11 is 1.65. The average molecular weight is 443 g/mol. The molecule has 0 aliphatic heterocycles. The van der Waals surface area contributed by atoms with Gasteiger partial charge in [0.1, 0.15) is 11.8 Å². The molecule has 2 rings (SSSR count). The molecule has 0 heterocycles. The molecule has 0 bridgehead atoms. The van der Waals surface area contributed by atoms with Crippen molar-refractivity contribution in [1.29, 1.82) is 0 Å². The Balaban J connectivity index is 2.16. The van der Waals surface area contributed by atoms with Crippen molar-refractivity contribution in [2.24, 2.45) is 0 Å². The van der Waals surface area contributed by atoms with Crippen LogP contribution in [-0.4, -0.2) is 41.7 Å². The minimum atomic E-state index is -0.505. The van der Waals surface area contributed by atoms with E-state index in [0.717, 1.165) is 22.6 Å². The molecule has 31 heavy (non-hydrogen) atoms. The van der Waals surface area contributed by atoms with Crippen molar-refractivity contribution in [1.82, 2.24) is 10.2 Å². The number of nitrogens with zero attached hydrogens (tertiary/aromatic N) is 1. The van der Waals surface area contributed by atoms with Gasteiger partial charge in [0.05, 0.1) is 7.11 Å². The molecule has 168 valence electrons. The second-order valence-electron chi connectivity index (χ2n) is 7.53. The van der Waals surface area contributed by atoms with Crippen LogP contribution >= 0.6 is 11.8 Å². The fourth-order valence-corrected chi connectivity index (χ4v) is 4.11. The third-order valence-electron chi connectivity index (χ3n) is 5.20. The Kier molecular flexibility index (Phi) is 10.4. The van der Waals surface area contributed by atoms with Crippen LogP contribution in [0.4, 0.5) is 0 Å². The molecule has 0 saturated carbocycles. The van der Waals surface area contributed by atoms with E-state index in [1.54, 1.807) is 23.8 Å². The molecule has 0 aromatic heterocycles. The first-order chi connectivity index (χ1) is 15.0. The molecule has 0 saturated heterocycles. The molecule has 0 unspecified atom stereocenters. The molecule has 0 radical (unpaired) electrons. The van der Waals surface area contributed by atoms with Crippen molar-refractivity contribution in [2.45, 2.75) is 63.6 Å². The van der Waals surface area contributed by atoms with E-state index >= 15 is 0 Å². The maximum atomic E-state index is 13.3. The molecular formula is C25H34N2O3S. The number of ether oxygens (including phenoxy) is 1. The zero-order chi connectivity index (χ0) is 22.6. The van der Waals surface area contributed by atoms with E-state index < -0.39 is 6.04 Å². The summed E-state index contributed by atoms with van der Waals surface area (Å²) < 4.78 is 5.33. The van der Waals surface area contributed by atoms with Gasteiger partial charge < -0.3 is 15.0 Å². The Morgan fingerprint density at radius 1 is 1.06 bits per heavy atom. The molecule has 6 heteroatoms. The Hall–Kier alpha value is -2.47. The number of methoxy groups -OCH3 is 1. The van der Waals surface area contributed by atoms with Crippen molar-refractivity contribution in [3.05, 3.63) is 60.2 Å². The number of thioether (sulfide) groups is 1. The van der Waals surface area contributed by atoms with Gasteiger partial charge in [-0.05, 0) is 49.6 Å². The van der Waals surface area contributed by atoms with Gasteiger partial charge in [-0.3, -0.25) is 9.59 Å². The first kappa shape index (κ1) is 24.8. The molecule has 0 aliphatic rings. The van der Waals surface area contributed by atoms with Gasteiger partial charge in [0.25, 0.3) is 0 Å². The first-order valence-corrected chi connectivity index (χ1v) is 11.9. The highest BCUT2D eigenvalue weighted by Gasteiger charge is 2.29. The first-order valence-electron chi connectivity index (χ1n) is 10.9. The van der Waals surface area contributed by atoms with Crippen LogP contribution in [0.25, 0.3) is 0 Å². The van der Waals surface area contributed by atoms with Crippen LogP contribution < -0.4 is 10.1 Å². The van der Waals surface area contributed by atoms with Crippen LogP contribution in [0.1, 0.15) is 45.6 Å². The predicted molar refractivity (Wildman–Crippen MR) is 127 cm³/mol. The zero-order valence-corrected chi connectivity index (χ0v) is 19.8. The summed E-state index contributed by atoms with van der Waals surface area (Å²) in [4.78, 5) is 29.1. The molecular weight excluding hydrogens is 408 g/mol. The third-order valence-corrected chi connectivity index (χ3v) is 6.22. The Morgan fingerprint density at radius 3 is 2.45 bits per heavy atom. The number of rotatable bonds is 12. The van der Waals surface area contributed by atoms with Crippen LogP contribution in [0.15, 0.2) is 59.5 Å². The molecule has 2 aromatic rings. The van der Waals surface area contributed by atoms with Crippen molar-refractivity contribution >= 4 is 23.6 Å². The standard InChI is InChI=1S/C25H34N2O3S/c1-5-19(3)26-25(29)23(6-2)27(18-20-11-10-12-21(17-20)30-4)24(28)15-16-31-22-13-8-7-9-14-22/h7-14,17,19,23H,5-6,15-16,18H2,1-4H3,(H,26,29)/t19-,23-/m1/s1. The van der Waals surface area contributed by atoms with Crippen LogP contribution in [0.2, 0.25) is 0 Å². The number of carbonyl (C=O) groups excluding carboxylic acids is 2. The van der Waals surface area contributed by atoms with E-state index in [-0.39, 0.29) is 17.9 Å². The van der Waals surface area contributed by atoms with Crippen molar-refractivity contribution in [2.75, 3.05) is 12.9 Å². The van der Waals surface area contributed by atoms with Gasteiger partial charge in [0.2, 0.25) is 11.8 Å². The van der Waals surface area contributed by atoms with Crippen molar-refractivity contribution in [3.8, 4) is 5.75 Å². The van der Waals surface area contributed by atoms with E-state index in [0.29, 0.717) is 25.1 Å². The molecule has 2 aromatic carbocycles. The highest BCUT2D eigenvalue weighted by Crippen LogP contribution is 2.21. The topological polar surface area (TPSA) is 58.6 Å². The lowest BCUT2D eigenvalue weighted by Gasteiger charge is -2.31. The van der Waals surface area contributed by atoms with E-state index in [1.165, 1.54) is 0 Å². The lowest BCUT2D eigenvalue weighted by Crippen LogP contribution is -2.50. The number of hydrogen-bond donors (Lipinski definition) is 1. The van der Waals surface area contributed by atoms with E-state index in [2.05, 4.69) is 5.32 Å². The maximum Gasteiger partial charge on any atom is 0.243 e. The lowest BCUT2D eigenvalue weighted by atomic mass is 10.1. The fourth-order valence-electron chi connectivity index (χ4n) is 3.24. The summed E-state index contributed by atoms with van der Waals surface area (Å²) in [6.07, 6.45) is 1.78. The van der Waals surface area contributed by atoms with E-state index in [4.69, 9.17) is 4.74 Å².